The zero-order valence-electron chi connectivity index (χ0n) is 23.7. The lowest BCUT2D eigenvalue weighted by molar-refractivity contribution is -0.126. The number of fused-ring (bicyclic) bond motifs is 1. The van der Waals surface area contributed by atoms with Gasteiger partial charge in [-0.3, -0.25) is 14.0 Å². The van der Waals surface area contributed by atoms with Gasteiger partial charge in [-0.25, -0.2) is 14.4 Å². The number of nitrogens with zero attached hydrogens (tertiary/aromatic N) is 4. The van der Waals surface area contributed by atoms with E-state index >= 15 is 0 Å². The molecule has 42 heavy (non-hydrogen) atoms. The van der Waals surface area contributed by atoms with Gasteiger partial charge in [-0.05, 0) is 74.7 Å². The van der Waals surface area contributed by atoms with E-state index in [1.165, 1.54) is 13.2 Å². The normalized spacial score (nSPS) is 17.4. The maximum absolute atomic E-state index is 14.3. The monoisotopic (exact) mass is 571 g/mol. The summed E-state index contributed by atoms with van der Waals surface area (Å²) in [6.07, 6.45) is 7.40. The molecule has 11 heteroatoms. The van der Waals surface area contributed by atoms with Crippen LogP contribution in [0.25, 0.3) is 16.9 Å². The Morgan fingerprint density at radius 2 is 1.93 bits per heavy atom. The van der Waals surface area contributed by atoms with Gasteiger partial charge < -0.3 is 25.6 Å². The lowest BCUT2D eigenvalue weighted by Crippen LogP contribution is -2.45. The lowest BCUT2D eigenvalue weighted by atomic mass is 9.94. The van der Waals surface area contributed by atoms with Gasteiger partial charge in [0, 0.05) is 60.8 Å². The molecule has 2 fully saturated rings. The molecule has 0 unspecified atom stereocenters. The summed E-state index contributed by atoms with van der Waals surface area (Å²) in [6, 6.07) is 10.6. The fourth-order valence-electron chi connectivity index (χ4n) is 5.78. The minimum Gasteiger partial charge on any atom is -0.494 e. The minimum absolute atomic E-state index is 0.0252. The first-order valence-electron chi connectivity index (χ1n) is 14.3. The predicted octanol–water partition coefficient (Wildman–Crippen LogP) is 3.93. The molecule has 2 aliphatic rings. The third kappa shape index (κ3) is 5.52. The first-order chi connectivity index (χ1) is 20.4. The largest absolute Gasteiger partial charge is 0.494 e. The molecule has 2 amide bonds. The Balaban J connectivity index is 1.12. The number of carbonyl (C=O) groups excluding carboxylic acids is 2. The van der Waals surface area contributed by atoms with Crippen molar-refractivity contribution in [2.45, 2.75) is 32.2 Å². The Morgan fingerprint density at radius 1 is 1.10 bits per heavy atom. The van der Waals surface area contributed by atoms with Crippen molar-refractivity contribution in [1.82, 2.24) is 29.9 Å². The smallest absolute Gasteiger partial charge is 0.254 e. The molecule has 0 saturated carbocycles. The number of imidazole rings is 1. The van der Waals surface area contributed by atoms with Gasteiger partial charge in [0.25, 0.3) is 5.91 Å². The Morgan fingerprint density at radius 3 is 2.64 bits per heavy atom. The summed E-state index contributed by atoms with van der Waals surface area (Å²) in [5, 5.41) is 9.73. The topological polar surface area (TPSA) is 113 Å². The average Bonchev–Trinajstić information content (AvgIpc) is 3.68. The number of carbonyl (C=O) groups is 2. The number of amides is 2. The molecule has 4 aromatic rings. The fourth-order valence-corrected chi connectivity index (χ4v) is 5.78. The minimum atomic E-state index is -0.450. The van der Waals surface area contributed by atoms with E-state index in [-0.39, 0.29) is 29.5 Å². The molecule has 4 heterocycles. The highest BCUT2D eigenvalue weighted by Crippen LogP contribution is 2.29. The zero-order valence-corrected chi connectivity index (χ0v) is 23.7. The van der Waals surface area contributed by atoms with Crippen LogP contribution in [0.15, 0.2) is 55.0 Å². The molecular formula is C31H34FN7O3. The highest BCUT2D eigenvalue weighted by Gasteiger charge is 2.30. The summed E-state index contributed by atoms with van der Waals surface area (Å²) in [5.74, 6) is 0.289. The van der Waals surface area contributed by atoms with E-state index in [1.807, 2.05) is 34.4 Å². The molecule has 10 nitrogen and oxygen atoms in total. The SMILES string of the molecule is COc1ccc(-c2cnc3c(Nc4ccc(C(=O)N5CCC(C(=O)N[C@H]6CCNC6)CC5)c(C)c4)nccn23)cc1F. The average molecular weight is 572 g/mol. The number of benzene rings is 2. The molecule has 2 aromatic heterocycles. The number of anilines is 2. The van der Waals surface area contributed by atoms with Gasteiger partial charge in [0.1, 0.15) is 0 Å². The number of methoxy groups -OCH3 is 1. The molecule has 3 N–H and O–H groups in total. The number of hydrogen-bond acceptors (Lipinski definition) is 7. The number of rotatable bonds is 7. The highest BCUT2D eigenvalue weighted by atomic mass is 19.1. The summed E-state index contributed by atoms with van der Waals surface area (Å²) in [4.78, 5) is 36.9. The van der Waals surface area contributed by atoms with Crippen LogP contribution in [0.4, 0.5) is 15.9 Å². The van der Waals surface area contributed by atoms with Crippen LogP contribution >= 0.6 is 0 Å². The van der Waals surface area contributed by atoms with Crippen molar-refractivity contribution in [3.8, 4) is 17.0 Å². The molecule has 0 radical (unpaired) electrons. The van der Waals surface area contributed by atoms with E-state index in [2.05, 4.69) is 25.9 Å². The predicted molar refractivity (Wildman–Crippen MR) is 157 cm³/mol. The van der Waals surface area contributed by atoms with Gasteiger partial charge >= 0.3 is 0 Å². The standard InChI is InChI=1S/C31H34FN7O3/c1-19-15-22(4-5-24(19)31(41)38-12-8-20(9-13-38)30(40)37-23-7-10-33-17-23)36-28-29-35-18-26(39(29)14-11-34-28)21-3-6-27(42-2)25(32)16-21/h3-6,11,14-16,18,20,23,33H,7-10,12-13,17H2,1-2H3,(H,34,36)(H,37,40)/t23-/m0/s1. The number of aryl methyl sites for hydroxylation is 1. The van der Waals surface area contributed by atoms with Crippen LogP contribution in [-0.2, 0) is 4.79 Å². The first-order valence-corrected chi connectivity index (χ1v) is 14.3. The third-order valence-corrected chi connectivity index (χ3v) is 8.15. The van der Waals surface area contributed by atoms with Crippen molar-refractivity contribution < 1.29 is 18.7 Å². The van der Waals surface area contributed by atoms with Crippen LogP contribution < -0.4 is 20.7 Å². The van der Waals surface area contributed by atoms with E-state index < -0.39 is 5.82 Å². The number of piperidine rings is 1. The van der Waals surface area contributed by atoms with Gasteiger partial charge in [-0.15, -0.1) is 0 Å². The van der Waals surface area contributed by atoms with E-state index in [9.17, 15) is 14.0 Å². The van der Waals surface area contributed by atoms with Crippen molar-refractivity contribution in [2.24, 2.45) is 5.92 Å². The second-order valence-electron chi connectivity index (χ2n) is 10.9. The Labute approximate surface area is 243 Å². The molecule has 2 saturated heterocycles. The molecule has 2 aliphatic heterocycles. The van der Waals surface area contributed by atoms with Crippen LogP contribution in [0.3, 0.4) is 0 Å². The lowest BCUT2D eigenvalue weighted by Gasteiger charge is -2.32. The highest BCUT2D eigenvalue weighted by molar-refractivity contribution is 5.96. The van der Waals surface area contributed by atoms with E-state index in [1.54, 1.807) is 30.7 Å². The van der Waals surface area contributed by atoms with E-state index in [0.717, 1.165) is 30.8 Å². The van der Waals surface area contributed by atoms with Crippen LogP contribution in [0.5, 0.6) is 5.75 Å². The molecule has 0 aliphatic carbocycles. The molecular weight excluding hydrogens is 537 g/mol. The van der Waals surface area contributed by atoms with Crippen molar-refractivity contribution in [3.63, 3.8) is 0 Å². The van der Waals surface area contributed by atoms with Gasteiger partial charge in [0.2, 0.25) is 5.91 Å². The quantitative estimate of drug-likeness (QED) is 0.308. The Kier molecular flexibility index (Phi) is 7.75. The Bertz CT molecular complexity index is 1620. The second-order valence-corrected chi connectivity index (χ2v) is 10.9. The number of ether oxygens (including phenoxy) is 1. The number of likely N-dealkylation sites (tertiary alicyclic amines) is 1. The van der Waals surface area contributed by atoms with Crippen LogP contribution in [0.1, 0.15) is 35.2 Å². The summed E-state index contributed by atoms with van der Waals surface area (Å²) in [7, 11) is 1.43. The molecule has 218 valence electrons. The first kappa shape index (κ1) is 27.6. The van der Waals surface area contributed by atoms with Crippen LogP contribution in [0.2, 0.25) is 0 Å². The second kappa shape index (κ2) is 11.8. The van der Waals surface area contributed by atoms with Gasteiger partial charge in [0.05, 0.1) is 19.0 Å². The Hall–Kier alpha value is -4.51. The zero-order chi connectivity index (χ0) is 29.2. The van der Waals surface area contributed by atoms with Gasteiger partial charge in [-0.2, -0.15) is 0 Å². The van der Waals surface area contributed by atoms with E-state index in [0.29, 0.717) is 54.2 Å². The number of nitrogens with one attached hydrogen (secondary N) is 3. The summed E-state index contributed by atoms with van der Waals surface area (Å²) < 4.78 is 21.2. The van der Waals surface area contributed by atoms with Crippen molar-refractivity contribution >= 4 is 29.0 Å². The van der Waals surface area contributed by atoms with Crippen LogP contribution in [-0.4, -0.2) is 70.4 Å². The molecule has 0 spiro atoms. The van der Waals surface area contributed by atoms with E-state index in [4.69, 9.17) is 4.74 Å². The molecule has 6 rings (SSSR count). The summed E-state index contributed by atoms with van der Waals surface area (Å²) in [6.45, 7) is 4.80. The number of halogens is 1. The number of aromatic nitrogens is 3. The van der Waals surface area contributed by atoms with Crippen molar-refractivity contribution in [3.05, 3.63) is 71.9 Å². The summed E-state index contributed by atoms with van der Waals surface area (Å²) in [5.41, 5.74) is 4.19. The molecule has 1 atom stereocenters. The van der Waals surface area contributed by atoms with Crippen molar-refractivity contribution in [1.29, 1.82) is 0 Å². The molecule has 0 bridgehead atoms. The van der Waals surface area contributed by atoms with Crippen LogP contribution in [0, 0.1) is 18.7 Å². The van der Waals surface area contributed by atoms with Crippen molar-refractivity contribution in [2.75, 3.05) is 38.6 Å². The fraction of sp³-hybridized carbons (Fsp3) is 0.355. The molecule has 2 aromatic carbocycles. The third-order valence-electron chi connectivity index (χ3n) is 8.15. The van der Waals surface area contributed by atoms with Gasteiger partial charge in [0.15, 0.2) is 23.0 Å². The number of hydrogen-bond donors (Lipinski definition) is 3. The van der Waals surface area contributed by atoms with Gasteiger partial charge in [-0.1, -0.05) is 0 Å². The summed E-state index contributed by atoms with van der Waals surface area (Å²) >= 11 is 0. The maximum Gasteiger partial charge on any atom is 0.254 e. The maximum atomic E-state index is 14.3.